The Kier molecular flexibility index (Phi) is 10.5. The van der Waals surface area contributed by atoms with E-state index in [4.69, 9.17) is 9.47 Å². The number of esters is 1. The molecule has 3 N–H and O–H groups in total. The highest BCUT2D eigenvalue weighted by molar-refractivity contribution is 7.13. The van der Waals surface area contributed by atoms with E-state index >= 15 is 0 Å². The van der Waals surface area contributed by atoms with Crippen LogP contribution in [0.25, 0.3) is 10.4 Å². The van der Waals surface area contributed by atoms with Gasteiger partial charge in [0.2, 0.25) is 5.91 Å². The zero-order valence-corrected chi connectivity index (χ0v) is 25.7. The van der Waals surface area contributed by atoms with Gasteiger partial charge < -0.3 is 20.1 Å². The number of thiophene rings is 1. The van der Waals surface area contributed by atoms with E-state index in [2.05, 4.69) is 20.9 Å². The lowest BCUT2D eigenvalue weighted by atomic mass is 10.1. The highest BCUT2D eigenvalue weighted by Gasteiger charge is 2.31. The first-order chi connectivity index (χ1) is 20.5. The first-order valence-corrected chi connectivity index (χ1v) is 15.2. The Morgan fingerprint density at radius 2 is 1.77 bits per heavy atom. The minimum absolute atomic E-state index is 0.147. The van der Waals surface area contributed by atoms with Crippen molar-refractivity contribution in [3.63, 3.8) is 0 Å². The molecule has 43 heavy (non-hydrogen) atoms. The molecule has 1 saturated heterocycles. The van der Waals surface area contributed by atoms with Gasteiger partial charge in [0, 0.05) is 17.0 Å². The fourth-order valence-corrected chi connectivity index (χ4v) is 5.48. The third-order valence-corrected chi connectivity index (χ3v) is 7.61. The summed E-state index contributed by atoms with van der Waals surface area (Å²) in [6.07, 6.45) is 0.965. The summed E-state index contributed by atoms with van der Waals surface area (Å²) >= 11 is 1.58. The number of nitrogens with one attached hydrogen (secondary N) is 3. The zero-order valence-electron chi connectivity index (χ0n) is 24.9. The van der Waals surface area contributed by atoms with Crippen molar-refractivity contribution in [2.75, 3.05) is 30.3 Å². The maximum atomic E-state index is 13.3. The van der Waals surface area contributed by atoms with Gasteiger partial charge in [0.15, 0.2) is 0 Å². The molecule has 1 fully saturated rings. The molecule has 4 rings (SSSR count). The molecule has 0 saturated carbocycles. The topological polar surface area (TPSA) is 126 Å². The van der Waals surface area contributed by atoms with Crippen LogP contribution in [-0.2, 0) is 25.6 Å². The Balaban J connectivity index is 1.43. The fourth-order valence-electron chi connectivity index (χ4n) is 4.76. The zero-order chi connectivity index (χ0) is 31.0. The van der Waals surface area contributed by atoms with Gasteiger partial charge in [-0.1, -0.05) is 24.3 Å². The number of hydrogen-bond donors (Lipinski definition) is 3. The lowest BCUT2D eigenvalue weighted by Gasteiger charge is -2.23. The van der Waals surface area contributed by atoms with Crippen molar-refractivity contribution >= 4 is 46.6 Å². The number of hydrogen-bond acceptors (Lipinski definition) is 8. The van der Waals surface area contributed by atoms with E-state index in [0.29, 0.717) is 29.9 Å². The average Bonchev–Trinajstić information content (AvgIpc) is 3.65. The third kappa shape index (κ3) is 9.13. The summed E-state index contributed by atoms with van der Waals surface area (Å²) in [4.78, 5) is 53.2. The molecule has 0 bridgehead atoms. The predicted molar refractivity (Wildman–Crippen MR) is 167 cm³/mol. The van der Waals surface area contributed by atoms with Gasteiger partial charge in [-0.3, -0.25) is 24.6 Å². The van der Waals surface area contributed by atoms with Crippen LogP contribution < -0.4 is 16.0 Å². The van der Waals surface area contributed by atoms with E-state index in [1.165, 1.54) is 0 Å². The normalized spacial score (nSPS) is 15.0. The van der Waals surface area contributed by atoms with Gasteiger partial charge in [0.25, 0.3) is 5.91 Å². The van der Waals surface area contributed by atoms with Crippen molar-refractivity contribution < 1.29 is 28.7 Å². The molecule has 3 amide bonds. The van der Waals surface area contributed by atoms with Crippen molar-refractivity contribution in [2.45, 2.75) is 58.7 Å². The molecule has 1 unspecified atom stereocenters. The van der Waals surface area contributed by atoms with Crippen molar-refractivity contribution in [1.82, 2.24) is 10.2 Å². The highest BCUT2D eigenvalue weighted by atomic mass is 32.1. The number of anilines is 2. The molecule has 1 aliphatic heterocycles. The number of nitrogens with zero attached hydrogens (tertiary/aromatic N) is 1. The number of carbonyl (C=O) groups excluding carboxylic acids is 4. The number of rotatable bonds is 10. The molecule has 3 aromatic rings. The molecule has 2 aromatic carbocycles. The predicted octanol–water partition coefficient (Wildman–Crippen LogP) is 5.66. The second-order valence-electron chi connectivity index (χ2n) is 11.2. The van der Waals surface area contributed by atoms with Crippen LogP contribution in [0.1, 0.15) is 56.5 Å². The smallest absolute Gasteiger partial charge is 0.412 e. The van der Waals surface area contributed by atoms with Crippen molar-refractivity contribution in [3.05, 3.63) is 71.1 Å². The monoisotopic (exact) mass is 606 g/mol. The standard InChI is InChI=1S/C32H38N4O6S/c1-5-41-28(37)19-33-30(39)26-8-6-16-36(26)20-21-10-12-22(13-11-21)29(38)34-25-18-23(27-9-7-17-43-27)14-15-24(25)35-31(40)42-32(2,3)4/h7,9-15,17-18,26H,5-6,8,16,19-20H2,1-4H3,(H,33,39)(H,34,38)(H,35,40). The Bertz CT molecular complexity index is 1430. The van der Waals surface area contributed by atoms with Crippen LogP contribution in [0.2, 0.25) is 0 Å². The molecule has 228 valence electrons. The molecule has 1 aromatic heterocycles. The van der Waals surface area contributed by atoms with Crippen LogP contribution in [-0.4, -0.2) is 60.1 Å². The molecule has 1 atom stereocenters. The Morgan fingerprint density at radius 3 is 2.44 bits per heavy atom. The fraction of sp³-hybridized carbons (Fsp3) is 0.375. The summed E-state index contributed by atoms with van der Waals surface area (Å²) in [6, 6.07) is 16.3. The van der Waals surface area contributed by atoms with Crippen LogP contribution in [0, 0.1) is 0 Å². The van der Waals surface area contributed by atoms with Gasteiger partial charge in [0.1, 0.15) is 12.1 Å². The minimum Gasteiger partial charge on any atom is -0.465 e. The summed E-state index contributed by atoms with van der Waals surface area (Å²) in [6.45, 7) is 8.48. The second-order valence-corrected chi connectivity index (χ2v) is 12.1. The molecular formula is C32H38N4O6S. The Labute approximate surface area is 255 Å². The maximum Gasteiger partial charge on any atom is 0.412 e. The number of ether oxygens (including phenoxy) is 2. The van der Waals surface area contributed by atoms with Crippen molar-refractivity contribution in [1.29, 1.82) is 0 Å². The molecule has 0 aliphatic carbocycles. The van der Waals surface area contributed by atoms with Gasteiger partial charge in [-0.25, -0.2) is 4.79 Å². The summed E-state index contributed by atoms with van der Waals surface area (Å²) in [5.74, 6) is -0.984. The molecule has 11 heteroatoms. The van der Waals surface area contributed by atoms with Crippen LogP contribution in [0.3, 0.4) is 0 Å². The first kappa shape index (κ1) is 31.7. The van der Waals surface area contributed by atoms with E-state index in [-0.39, 0.29) is 31.0 Å². The van der Waals surface area contributed by atoms with E-state index in [1.807, 2.05) is 41.8 Å². The third-order valence-electron chi connectivity index (χ3n) is 6.69. The van der Waals surface area contributed by atoms with Gasteiger partial charge in [-0.2, -0.15) is 0 Å². The van der Waals surface area contributed by atoms with Gasteiger partial charge in [0.05, 0.1) is 24.0 Å². The van der Waals surface area contributed by atoms with E-state index in [9.17, 15) is 19.2 Å². The van der Waals surface area contributed by atoms with Crippen molar-refractivity contribution in [3.8, 4) is 10.4 Å². The van der Waals surface area contributed by atoms with Gasteiger partial charge >= 0.3 is 12.1 Å². The van der Waals surface area contributed by atoms with Crippen LogP contribution in [0.4, 0.5) is 16.2 Å². The largest absolute Gasteiger partial charge is 0.465 e. The average molecular weight is 607 g/mol. The summed E-state index contributed by atoms with van der Waals surface area (Å²) in [7, 11) is 0. The van der Waals surface area contributed by atoms with Crippen molar-refractivity contribution in [2.24, 2.45) is 0 Å². The van der Waals surface area contributed by atoms with Gasteiger partial charge in [-0.05, 0) is 93.9 Å². The number of amides is 3. The first-order valence-electron chi connectivity index (χ1n) is 14.3. The molecule has 0 radical (unpaired) electrons. The van der Waals surface area contributed by atoms with Crippen LogP contribution in [0.5, 0.6) is 0 Å². The van der Waals surface area contributed by atoms with E-state index < -0.39 is 17.7 Å². The minimum atomic E-state index is -0.673. The number of benzene rings is 2. The summed E-state index contributed by atoms with van der Waals surface area (Å²) in [5.41, 5.74) is 2.49. The molecular weight excluding hydrogens is 568 g/mol. The number of likely N-dealkylation sites (tertiary alicyclic amines) is 1. The van der Waals surface area contributed by atoms with Gasteiger partial charge in [-0.15, -0.1) is 11.3 Å². The van der Waals surface area contributed by atoms with E-state index in [1.54, 1.807) is 57.2 Å². The molecule has 0 spiro atoms. The quantitative estimate of drug-likeness (QED) is 0.254. The number of carbonyl (C=O) groups is 4. The maximum absolute atomic E-state index is 13.3. The molecule has 1 aliphatic rings. The highest BCUT2D eigenvalue weighted by Crippen LogP contribution is 2.32. The summed E-state index contributed by atoms with van der Waals surface area (Å²) < 4.78 is 10.3. The molecule has 10 nitrogen and oxygen atoms in total. The summed E-state index contributed by atoms with van der Waals surface area (Å²) in [5, 5.41) is 10.3. The molecule has 2 heterocycles. The van der Waals surface area contributed by atoms with Crippen LogP contribution in [0.15, 0.2) is 60.0 Å². The Morgan fingerprint density at radius 1 is 1.00 bits per heavy atom. The second kappa shape index (κ2) is 14.3. The Hall–Kier alpha value is -4.22. The SMILES string of the molecule is CCOC(=O)CNC(=O)C1CCCN1Cc1ccc(C(=O)Nc2cc(-c3cccs3)ccc2NC(=O)OC(C)(C)C)cc1. The lowest BCUT2D eigenvalue weighted by molar-refractivity contribution is -0.143. The van der Waals surface area contributed by atoms with E-state index in [0.717, 1.165) is 29.0 Å². The lowest BCUT2D eigenvalue weighted by Crippen LogP contribution is -2.44. The van der Waals surface area contributed by atoms with Crippen LogP contribution >= 0.6 is 11.3 Å².